The number of nitrogens with zero attached hydrogens (tertiary/aromatic N) is 2. The molecular weight excluding hydrogens is 449 g/mol. The summed E-state index contributed by atoms with van der Waals surface area (Å²) < 4.78 is 1.64. The van der Waals surface area contributed by atoms with Gasteiger partial charge in [-0.25, -0.2) is 4.98 Å². The van der Waals surface area contributed by atoms with Crippen LogP contribution in [0.5, 0.6) is 5.75 Å². The molecule has 0 unspecified atom stereocenters. The smallest absolute Gasteiger partial charge is 0.263 e. The van der Waals surface area contributed by atoms with Crippen molar-refractivity contribution in [3.8, 4) is 5.75 Å². The fraction of sp³-hybridized carbons (Fsp3) is 0.125. The summed E-state index contributed by atoms with van der Waals surface area (Å²) in [7, 11) is 0. The van der Waals surface area contributed by atoms with Crippen LogP contribution in [-0.4, -0.2) is 20.6 Å². The average Bonchev–Trinajstić information content (AvgIpc) is 3.58. The molecule has 2 N–H and O–H groups in total. The van der Waals surface area contributed by atoms with Crippen molar-refractivity contribution in [2.45, 2.75) is 18.4 Å². The summed E-state index contributed by atoms with van der Waals surface area (Å²) in [6.07, 6.45) is 2.43. The average molecular weight is 466 g/mol. The molecule has 2 atom stereocenters. The van der Waals surface area contributed by atoms with Crippen LogP contribution in [0, 0.1) is 0 Å². The van der Waals surface area contributed by atoms with E-state index >= 15 is 0 Å². The Morgan fingerprint density at radius 2 is 1.78 bits per heavy atom. The summed E-state index contributed by atoms with van der Waals surface area (Å²) in [5, 5.41) is 12.7. The minimum Gasteiger partial charge on any atom is -0.505 e. The molecular formula is C24H17Cl2N3O3. The van der Waals surface area contributed by atoms with Crippen molar-refractivity contribution in [3.05, 3.63) is 98.5 Å². The van der Waals surface area contributed by atoms with E-state index in [1.807, 2.05) is 18.2 Å². The Labute approximate surface area is 193 Å². The third kappa shape index (κ3) is 3.61. The van der Waals surface area contributed by atoms with Gasteiger partial charge in [0, 0.05) is 17.5 Å². The lowest BCUT2D eigenvalue weighted by molar-refractivity contribution is 0.102. The van der Waals surface area contributed by atoms with Crippen LogP contribution in [0.1, 0.15) is 34.3 Å². The molecule has 160 valence electrons. The fourth-order valence-corrected chi connectivity index (χ4v) is 4.44. The number of benzene rings is 3. The van der Waals surface area contributed by atoms with Crippen LogP contribution >= 0.6 is 23.2 Å². The number of carbonyl (C=O) groups is 1. The lowest BCUT2D eigenvalue weighted by Crippen LogP contribution is -2.22. The third-order valence-corrected chi connectivity index (χ3v) is 6.26. The molecule has 8 heteroatoms. The second-order valence-electron chi connectivity index (χ2n) is 7.72. The van der Waals surface area contributed by atoms with Gasteiger partial charge in [0.25, 0.3) is 11.5 Å². The van der Waals surface area contributed by atoms with Gasteiger partial charge in [-0.2, -0.15) is 0 Å². The van der Waals surface area contributed by atoms with Crippen LogP contribution < -0.4 is 10.9 Å². The molecule has 4 aromatic rings. The van der Waals surface area contributed by atoms with Gasteiger partial charge >= 0.3 is 0 Å². The van der Waals surface area contributed by atoms with E-state index in [2.05, 4.69) is 22.4 Å². The zero-order chi connectivity index (χ0) is 22.4. The van der Waals surface area contributed by atoms with E-state index < -0.39 is 5.91 Å². The molecule has 1 heterocycles. The van der Waals surface area contributed by atoms with Gasteiger partial charge in [0.05, 0.1) is 33.0 Å². The van der Waals surface area contributed by atoms with E-state index in [4.69, 9.17) is 23.2 Å². The van der Waals surface area contributed by atoms with E-state index in [1.165, 1.54) is 17.7 Å². The second-order valence-corrected chi connectivity index (χ2v) is 8.53. The minimum atomic E-state index is -0.510. The highest BCUT2D eigenvalue weighted by Crippen LogP contribution is 2.50. The highest BCUT2D eigenvalue weighted by Gasteiger charge is 2.40. The molecule has 1 saturated carbocycles. The number of hydrogen-bond donors (Lipinski definition) is 2. The summed E-state index contributed by atoms with van der Waals surface area (Å²) in [5.41, 5.74) is 1.97. The Morgan fingerprint density at radius 3 is 2.50 bits per heavy atom. The molecule has 6 nitrogen and oxygen atoms in total. The first-order valence-corrected chi connectivity index (χ1v) is 10.7. The van der Waals surface area contributed by atoms with Crippen molar-refractivity contribution < 1.29 is 9.90 Å². The topological polar surface area (TPSA) is 84.2 Å². The van der Waals surface area contributed by atoms with Crippen molar-refractivity contribution in [1.29, 1.82) is 0 Å². The van der Waals surface area contributed by atoms with E-state index in [1.54, 1.807) is 29.1 Å². The van der Waals surface area contributed by atoms with Gasteiger partial charge in [-0.05, 0) is 36.2 Å². The first-order chi connectivity index (χ1) is 15.4. The summed E-state index contributed by atoms with van der Waals surface area (Å²) in [6, 6.07) is 17.8. The summed E-state index contributed by atoms with van der Waals surface area (Å²) >= 11 is 11.9. The number of hydrogen-bond acceptors (Lipinski definition) is 4. The number of phenolic OH excluding ortho intramolecular Hbond substituents is 1. The maximum absolute atomic E-state index is 13.4. The number of rotatable bonds is 4. The Hall–Kier alpha value is -3.35. The van der Waals surface area contributed by atoms with Gasteiger partial charge in [-0.15, -0.1) is 0 Å². The predicted molar refractivity (Wildman–Crippen MR) is 125 cm³/mol. The molecule has 0 bridgehead atoms. The van der Waals surface area contributed by atoms with Crippen molar-refractivity contribution >= 4 is 45.7 Å². The van der Waals surface area contributed by atoms with Crippen LogP contribution in [0.3, 0.4) is 0 Å². The summed E-state index contributed by atoms with van der Waals surface area (Å²) in [6.45, 7) is 0. The first-order valence-electron chi connectivity index (χ1n) is 9.98. The number of halogens is 2. The van der Waals surface area contributed by atoms with Gasteiger partial charge in [0.1, 0.15) is 0 Å². The zero-order valence-corrected chi connectivity index (χ0v) is 18.1. The predicted octanol–water partition coefficient (Wildman–Crippen LogP) is 5.39. The highest BCUT2D eigenvalue weighted by molar-refractivity contribution is 6.37. The van der Waals surface area contributed by atoms with Gasteiger partial charge in [0.2, 0.25) is 0 Å². The quantitative estimate of drug-likeness (QED) is 0.423. The van der Waals surface area contributed by atoms with Crippen LogP contribution in [0.2, 0.25) is 10.0 Å². The Morgan fingerprint density at radius 1 is 1.06 bits per heavy atom. The molecule has 1 aliphatic carbocycles. The number of anilines is 1. The van der Waals surface area contributed by atoms with E-state index in [0.29, 0.717) is 16.6 Å². The molecule has 5 rings (SSSR count). The van der Waals surface area contributed by atoms with Crippen molar-refractivity contribution in [2.75, 3.05) is 5.32 Å². The van der Waals surface area contributed by atoms with Gasteiger partial charge in [-0.1, -0.05) is 59.6 Å². The van der Waals surface area contributed by atoms with Crippen LogP contribution in [-0.2, 0) is 0 Å². The van der Waals surface area contributed by atoms with Crippen molar-refractivity contribution in [2.24, 2.45) is 0 Å². The number of aromatic nitrogens is 2. The molecule has 1 amide bonds. The summed E-state index contributed by atoms with van der Waals surface area (Å²) in [4.78, 5) is 30.6. The minimum absolute atomic E-state index is 0.0280. The first kappa shape index (κ1) is 20.5. The SMILES string of the molecule is O=C(Nc1cccc2ncn([C@@H]3C[C@H]3c3ccccc3)c(=O)c12)c1cc(Cl)c(O)c(Cl)c1. The molecule has 0 spiro atoms. The number of nitrogens with one attached hydrogen (secondary N) is 1. The lowest BCUT2D eigenvalue weighted by atomic mass is 10.1. The molecule has 0 aliphatic heterocycles. The van der Waals surface area contributed by atoms with E-state index in [-0.39, 0.29) is 38.9 Å². The maximum Gasteiger partial charge on any atom is 0.263 e. The standard InChI is InChI=1S/C24H17Cl2N3O3/c25-16-9-14(10-17(26)22(16)30)23(31)28-19-8-4-7-18-21(19)24(32)29(12-27-18)20-11-15(20)13-5-2-1-3-6-13/h1-10,12,15,20,30H,11H2,(H,28,31)/t15-,20+/m0/s1. The van der Waals surface area contributed by atoms with E-state index in [9.17, 15) is 14.7 Å². The second kappa shape index (κ2) is 7.97. The lowest BCUT2D eigenvalue weighted by Gasteiger charge is -2.11. The molecule has 3 aromatic carbocycles. The van der Waals surface area contributed by atoms with E-state index in [0.717, 1.165) is 6.42 Å². The number of carbonyl (C=O) groups excluding carboxylic acids is 1. The molecule has 1 fully saturated rings. The van der Waals surface area contributed by atoms with Crippen LogP contribution in [0.4, 0.5) is 5.69 Å². The molecule has 32 heavy (non-hydrogen) atoms. The molecule has 0 saturated heterocycles. The van der Waals surface area contributed by atoms with Gasteiger partial charge < -0.3 is 10.4 Å². The highest BCUT2D eigenvalue weighted by atomic mass is 35.5. The van der Waals surface area contributed by atoms with Gasteiger partial charge in [0.15, 0.2) is 5.75 Å². The number of amides is 1. The third-order valence-electron chi connectivity index (χ3n) is 5.68. The van der Waals surface area contributed by atoms with Gasteiger partial charge in [-0.3, -0.25) is 14.2 Å². The summed E-state index contributed by atoms with van der Waals surface area (Å²) in [5.74, 6) is -0.541. The Kier molecular flexibility index (Phi) is 5.12. The molecule has 1 aliphatic rings. The molecule has 1 aromatic heterocycles. The van der Waals surface area contributed by atoms with Crippen molar-refractivity contribution in [3.63, 3.8) is 0 Å². The normalized spacial score (nSPS) is 17.3. The largest absolute Gasteiger partial charge is 0.505 e. The number of aromatic hydroxyl groups is 1. The Balaban J connectivity index is 1.50. The van der Waals surface area contributed by atoms with Crippen LogP contribution in [0.25, 0.3) is 10.9 Å². The van der Waals surface area contributed by atoms with Crippen LogP contribution in [0.15, 0.2) is 71.8 Å². The number of phenols is 1. The number of fused-ring (bicyclic) bond motifs is 1. The maximum atomic E-state index is 13.4. The molecule has 0 radical (unpaired) electrons. The Bertz CT molecular complexity index is 1400. The monoisotopic (exact) mass is 465 g/mol. The van der Waals surface area contributed by atoms with Crippen molar-refractivity contribution in [1.82, 2.24) is 9.55 Å². The zero-order valence-electron chi connectivity index (χ0n) is 16.6. The fourth-order valence-electron chi connectivity index (χ4n) is 3.96.